The fourth-order valence-electron chi connectivity index (χ4n) is 7.43. The van der Waals surface area contributed by atoms with Crippen LogP contribution in [0, 0.1) is 13.1 Å². The maximum absolute atomic E-state index is 8.53. The monoisotopic (exact) mass is 627 g/mol. The smallest absolute Gasteiger partial charge is 0.194 e. The van der Waals surface area contributed by atoms with E-state index >= 15 is 0 Å². The summed E-state index contributed by atoms with van der Waals surface area (Å²) in [5, 5.41) is 7.12. The van der Waals surface area contributed by atoms with Crippen LogP contribution in [0.15, 0.2) is 176 Å². The Bertz CT molecular complexity index is 2370. The molecule has 0 saturated heterocycles. The van der Waals surface area contributed by atoms with Crippen molar-refractivity contribution >= 4 is 62.0 Å². The third-order valence-corrected chi connectivity index (χ3v) is 14.2. The average molecular weight is 628 g/mol. The molecule has 3 nitrogen and oxygen atoms in total. The third-order valence-electron chi connectivity index (χ3n) is 9.39. The van der Waals surface area contributed by atoms with E-state index in [-0.39, 0.29) is 0 Å². The molecule has 0 spiro atoms. The van der Waals surface area contributed by atoms with E-state index in [4.69, 9.17) is 13.1 Å². The van der Waals surface area contributed by atoms with Crippen LogP contribution >= 0.6 is 0 Å². The van der Waals surface area contributed by atoms with Gasteiger partial charge in [0.1, 0.15) is 0 Å². The normalized spacial score (nSPS) is 11.3. The molecule has 1 aromatic heterocycles. The highest BCUT2D eigenvalue weighted by atomic mass is 28.3. The van der Waals surface area contributed by atoms with E-state index < -0.39 is 8.07 Å². The van der Waals surface area contributed by atoms with Crippen LogP contribution in [0.2, 0.25) is 0 Å². The maximum atomic E-state index is 8.53. The van der Waals surface area contributed by atoms with Crippen molar-refractivity contribution < 1.29 is 0 Å². The van der Waals surface area contributed by atoms with Gasteiger partial charge in [-0.3, -0.25) is 0 Å². The molecule has 8 rings (SSSR count). The summed E-state index contributed by atoms with van der Waals surface area (Å²) in [4.78, 5) is 8.09. The molecule has 0 aliphatic carbocycles. The fraction of sp³-hybridized carbons (Fsp3) is 0. The average Bonchev–Trinajstić information content (AvgIpc) is 3.50. The SMILES string of the molecule is [C-]#[N+]c1ccc(-n2c3ccccc3c3ccccc32)c(-c2c([N+]#[C-])cccc2[Si](c2ccccc2)(c2ccccc2)c2ccccc2)c1. The predicted molar refractivity (Wildman–Crippen MR) is 202 cm³/mol. The van der Waals surface area contributed by atoms with Gasteiger partial charge in [-0.05, 0) is 56.1 Å². The molecule has 4 heteroatoms. The zero-order valence-corrected chi connectivity index (χ0v) is 27.1. The highest BCUT2D eigenvalue weighted by Crippen LogP contribution is 2.41. The minimum Gasteiger partial charge on any atom is -0.309 e. The van der Waals surface area contributed by atoms with Crippen LogP contribution in [0.5, 0.6) is 0 Å². The van der Waals surface area contributed by atoms with E-state index in [1.165, 1.54) is 15.6 Å². The molecule has 7 aromatic carbocycles. The molecule has 0 radical (unpaired) electrons. The molecule has 0 fully saturated rings. The summed E-state index contributed by atoms with van der Waals surface area (Å²) in [5.74, 6) is 0. The van der Waals surface area contributed by atoms with Crippen molar-refractivity contribution in [3.05, 3.63) is 199 Å². The van der Waals surface area contributed by atoms with Gasteiger partial charge in [0.25, 0.3) is 0 Å². The van der Waals surface area contributed by atoms with Crippen molar-refractivity contribution in [2.24, 2.45) is 0 Å². The Morgan fingerprint density at radius 2 is 0.958 bits per heavy atom. The van der Waals surface area contributed by atoms with Gasteiger partial charge in [0.15, 0.2) is 19.4 Å². The van der Waals surface area contributed by atoms with Gasteiger partial charge in [-0.2, -0.15) is 0 Å². The number of nitrogens with zero attached hydrogens (tertiary/aromatic N) is 3. The zero-order chi connectivity index (χ0) is 32.5. The van der Waals surface area contributed by atoms with Crippen molar-refractivity contribution in [2.45, 2.75) is 0 Å². The molecule has 0 saturated carbocycles. The van der Waals surface area contributed by atoms with Crippen molar-refractivity contribution in [1.82, 2.24) is 4.57 Å². The Hall–Kier alpha value is -6.46. The Labute approximate surface area is 281 Å². The summed E-state index contributed by atoms with van der Waals surface area (Å²) in [6, 6.07) is 61.4. The topological polar surface area (TPSA) is 13.6 Å². The highest BCUT2D eigenvalue weighted by molar-refractivity contribution is 7.20. The van der Waals surface area contributed by atoms with Gasteiger partial charge >= 0.3 is 0 Å². The highest BCUT2D eigenvalue weighted by Gasteiger charge is 2.43. The minimum atomic E-state index is -3.05. The van der Waals surface area contributed by atoms with Crippen LogP contribution < -0.4 is 20.7 Å². The molecule has 48 heavy (non-hydrogen) atoms. The van der Waals surface area contributed by atoms with Gasteiger partial charge in [-0.1, -0.05) is 152 Å². The Morgan fingerprint density at radius 1 is 0.458 bits per heavy atom. The molecular weight excluding hydrogens is 599 g/mol. The number of hydrogen-bond acceptors (Lipinski definition) is 0. The van der Waals surface area contributed by atoms with E-state index in [2.05, 4.69) is 166 Å². The van der Waals surface area contributed by atoms with Gasteiger partial charge in [-0.25, -0.2) is 9.69 Å². The predicted octanol–water partition coefficient (Wildman–Crippen LogP) is 8.93. The summed E-state index contributed by atoms with van der Waals surface area (Å²) in [6.45, 7) is 16.6. The first kappa shape index (κ1) is 29.0. The van der Waals surface area contributed by atoms with Crippen LogP contribution in [0.3, 0.4) is 0 Å². The van der Waals surface area contributed by atoms with Gasteiger partial charge in [0.05, 0.1) is 29.9 Å². The lowest BCUT2D eigenvalue weighted by Gasteiger charge is -2.36. The molecule has 0 atom stereocenters. The Balaban J connectivity index is 1.57. The fourth-order valence-corrected chi connectivity index (χ4v) is 12.4. The number of para-hydroxylation sites is 2. The second kappa shape index (κ2) is 12.0. The van der Waals surface area contributed by atoms with Gasteiger partial charge in [0, 0.05) is 10.8 Å². The van der Waals surface area contributed by atoms with Crippen LogP contribution in [-0.2, 0) is 0 Å². The molecule has 0 aliphatic heterocycles. The van der Waals surface area contributed by atoms with E-state index in [1.54, 1.807) is 0 Å². The third kappa shape index (κ3) is 4.48. The molecule has 0 unspecified atom stereocenters. The van der Waals surface area contributed by atoms with Crippen LogP contribution in [0.25, 0.3) is 48.3 Å². The molecule has 0 bridgehead atoms. The van der Waals surface area contributed by atoms with Crippen molar-refractivity contribution in [3.63, 3.8) is 0 Å². The minimum absolute atomic E-state index is 0.534. The number of benzene rings is 7. The molecule has 0 aliphatic rings. The van der Waals surface area contributed by atoms with Crippen molar-refractivity contribution in [1.29, 1.82) is 0 Å². The molecule has 0 N–H and O–H groups in total. The first-order chi connectivity index (χ1) is 23.8. The first-order valence-corrected chi connectivity index (χ1v) is 17.9. The molecule has 224 valence electrons. The zero-order valence-electron chi connectivity index (χ0n) is 26.1. The molecule has 1 heterocycles. The van der Waals surface area contributed by atoms with E-state index in [1.807, 2.05) is 24.3 Å². The van der Waals surface area contributed by atoms with Crippen LogP contribution in [0.4, 0.5) is 11.4 Å². The van der Waals surface area contributed by atoms with Gasteiger partial charge in [-0.15, -0.1) is 0 Å². The Morgan fingerprint density at radius 3 is 1.46 bits per heavy atom. The summed E-state index contributed by atoms with van der Waals surface area (Å²) >= 11 is 0. The van der Waals surface area contributed by atoms with Gasteiger partial charge < -0.3 is 4.57 Å². The van der Waals surface area contributed by atoms with Gasteiger partial charge in [0.2, 0.25) is 0 Å². The second-order valence-electron chi connectivity index (χ2n) is 11.8. The number of fused-ring (bicyclic) bond motifs is 3. The summed E-state index contributed by atoms with van der Waals surface area (Å²) in [7, 11) is -3.05. The number of hydrogen-bond donors (Lipinski definition) is 0. The number of rotatable bonds is 6. The summed E-state index contributed by atoms with van der Waals surface area (Å²) < 4.78 is 2.30. The van der Waals surface area contributed by atoms with E-state index in [9.17, 15) is 0 Å². The largest absolute Gasteiger partial charge is 0.309 e. The van der Waals surface area contributed by atoms with Crippen molar-refractivity contribution in [3.8, 4) is 16.8 Å². The molecule has 8 aromatic rings. The van der Waals surface area contributed by atoms with Crippen LogP contribution in [-0.4, -0.2) is 12.6 Å². The van der Waals surface area contributed by atoms with E-state index in [0.717, 1.165) is 43.8 Å². The second-order valence-corrected chi connectivity index (χ2v) is 15.6. The maximum Gasteiger partial charge on any atom is 0.194 e. The standard InChI is InChI=1S/C44H29N3Si/c1-45-32-29-30-42(47-40-26-14-12-23-36(40)37-24-13-15-27-41(37)47)38(31-32)44-39(46-2)25-16-28-43(44)48(33-17-6-3-7-18-33,34-19-8-4-9-20-34)35-21-10-5-11-22-35/h3-31H. The Kier molecular flexibility index (Phi) is 7.27. The van der Waals surface area contributed by atoms with Crippen molar-refractivity contribution in [2.75, 3.05) is 0 Å². The van der Waals surface area contributed by atoms with Crippen LogP contribution in [0.1, 0.15) is 0 Å². The number of aromatic nitrogens is 1. The lowest BCUT2D eigenvalue weighted by atomic mass is 10.00. The quantitative estimate of drug-likeness (QED) is 0.0993. The van der Waals surface area contributed by atoms with E-state index in [0.29, 0.717) is 11.4 Å². The lowest BCUT2D eigenvalue weighted by molar-refractivity contribution is 1.18. The molecular formula is C44H29N3Si. The summed E-state index contributed by atoms with van der Waals surface area (Å²) in [5.41, 5.74) is 5.94. The lowest BCUT2D eigenvalue weighted by Crippen LogP contribution is -2.75. The first-order valence-electron chi connectivity index (χ1n) is 15.9. The summed E-state index contributed by atoms with van der Waals surface area (Å²) in [6.07, 6.45) is 0. The molecule has 0 amide bonds.